The molecule has 1 atom stereocenters. The van der Waals surface area contributed by atoms with Crippen LogP contribution in [-0.4, -0.2) is 28.0 Å². The number of ether oxygens (including phenoxy) is 1. The van der Waals surface area contributed by atoms with E-state index in [4.69, 9.17) is 4.74 Å². The molecule has 0 radical (unpaired) electrons. The third-order valence-corrected chi connectivity index (χ3v) is 7.05. The number of nitrogens with one attached hydrogen (secondary N) is 1. The van der Waals surface area contributed by atoms with Crippen molar-refractivity contribution in [3.05, 3.63) is 89.7 Å². The molecule has 3 aromatic carbocycles. The van der Waals surface area contributed by atoms with Crippen molar-refractivity contribution in [2.45, 2.75) is 31.2 Å². The third kappa shape index (κ3) is 5.70. The van der Waals surface area contributed by atoms with Gasteiger partial charge in [0.25, 0.3) is 10.0 Å². The van der Waals surface area contributed by atoms with Gasteiger partial charge in [-0.2, -0.15) is 0 Å². The van der Waals surface area contributed by atoms with Gasteiger partial charge >= 0.3 is 0 Å². The molecular weight excluding hydrogens is 443 g/mol. The summed E-state index contributed by atoms with van der Waals surface area (Å²) in [7, 11) is -2.62. The lowest BCUT2D eigenvalue weighted by Crippen LogP contribution is -2.42. The van der Waals surface area contributed by atoms with Crippen molar-refractivity contribution < 1.29 is 22.3 Å². The summed E-state index contributed by atoms with van der Waals surface area (Å²) in [6.45, 7) is 3.18. The maximum Gasteiger partial charge on any atom is 0.264 e. The number of para-hydroxylation sites is 1. The molecule has 1 N–H and O–H groups in total. The molecular formula is C25H27FN2O4S. The van der Waals surface area contributed by atoms with Gasteiger partial charge in [0.15, 0.2) is 0 Å². The topological polar surface area (TPSA) is 75.7 Å². The summed E-state index contributed by atoms with van der Waals surface area (Å²) >= 11 is 0. The van der Waals surface area contributed by atoms with Crippen LogP contribution >= 0.6 is 0 Å². The zero-order chi connectivity index (χ0) is 24.0. The molecule has 8 heteroatoms. The molecule has 0 heterocycles. The average molecular weight is 471 g/mol. The zero-order valence-corrected chi connectivity index (χ0v) is 19.6. The van der Waals surface area contributed by atoms with E-state index in [-0.39, 0.29) is 16.6 Å². The number of aryl methyl sites for hydroxylation is 1. The van der Waals surface area contributed by atoms with Crippen LogP contribution < -0.4 is 14.4 Å². The second kappa shape index (κ2) is 10.5. The van der Waals surface area contributed by atoms with Gasteiger partial charge in [0.05, 0.1) is 23.7 Å². The molecule has 33 heavy (non-hydrogen) atoms. The van der Waals surface area contributed by atoms with Gasteiger partial charge in [-0.1, -0.05) is 48.9 Å². The van der Waals surface area contributed by atoms with Crippen molar-refractivity contribution in [3.8, 4) is 5.75 Å². The van der Waals surface area contributed by atoms with Gasteiger partial charge in [-0.25, -0.2) is 12.8 Å². The molecule has 1 amide bonds. The van der Waals surface area contributed by atoms with Gasteiger partial charge in [-0.05, 0) is 55.3 Å². The molecule has 0 saturated carbocycles. The summed E-state index contributed by atoms with van der Waals surface area (Å²) in [6.07, 6.45) is 0.586. The summed E-state index contributed by atoms with van der Waals surface area (Å²) < 4.78 is 47.4. The molecule has 0 saturated heterocycles. The molecule has 0 fully saturated rings. The van der Waals surface area contributed by atoms with E-state index in [9.17, 15) is 17.6 Å². The number of anilines is 1. The van der Waals surface area contributed by atoms with Crippen LogP contribution in [0, 0.1) is 12.7 Å². The van der Waals surface area contributed by atoms with Crippen LogP contribution in [-0.2, 0) is 14.8 Å². The maximum absolute atomic E-state index is 14.6. The fourth-order valence-corrected chi connectivity index (χ4v) is 4.85. The minimum absolute atomic E-state index is 0.0219. The molecule has 0 aliphatic heterocycles. The minimum atomic E-state index is -4.19. The molecule has 0 aromatic heterocycles. The van der Waals surface area contributed by atoms with Crippen molar-refractivity contribution in [2.75, 3.05) is 18.0 Å². The number of methoxy groups -OCH3 is 1. The van der Waals surface area contributed by atoms with E-state index < -0.39 is 28.3 Å². The Hall–Kier alpha value is -3.39. The van der Waals surface area contributed by atoms with E-state index >= 15 is 0 Å². The van der Waals surface area contributed by atoms with E-state index in [0.717, 1.165) is 21.5 Å². The Labute approximate surface area is 194 Å². The first kappa shape index (κ1) is 24.3. The molecule has 6 nitrogen and oxygen atoms in total. The number of rotatable bonds is 9. The average Bonchev–Trinajstić information content (AvgIpc) is 2.82. The quantitative estimate of drug-likeness (QED) is 0.496. The lowest BCUT2D eigenvalue weighted by Gasteiger charge is -2.26. The number of hydrogen-bond donors (Lipinski definition) is 1. The van der Waals surface area contributed by atoms with Crippen LogP contribution in [0.1, 0.15) is 30.5 Å². The van der Waals surface area contributed by atoms with Crippen LogP contribution in [0.15, 0.2) is 77.7 Å². The van der Waals surface area contributed by atoms with Gasteiger partial charge in [-0.15, -0.1) is 0 Å². The summed E-state index contributed by atoms with van der Waals surface area (Å²) in [5.74, 6) is -0.588. The molecule has 3 rings (SSSR count). The molecule has 0 aliphatic rings. The standard InChI is InChI=1S/C25H27FN2O4S/c1-4-23(19-11-13-20(32-3)14-12-19)27-25(29)17-28(24-8-6-5-7-22(24)26)33(30,31)21-15-9-18(2)10-16-21/h5-16,23H,4,17H2,1-3H3,(H,27,29)/t23-/m0/s1. The van der Waals surface area contributed by atoms with Gasteiger partial charge in [0.1, 0.15) is 18.1 Å². The molecule has 0 spiro atoms. The first-order chi connectivity index (χ1) is 15.8. The predicted molar refractivity (Wildman–Crippen MR) is 126 cm³/mol. The minimum Gasteiger partial charge on any atom is -0.497 e. The van der Waals surface area contributed by atoms with Crippen LogP contribution in [0.2, 0.25) is 0 Å². The summed E-state index contributed by atoms with van der Waals surface area (Å²) in [5.41, 5.74) is 1.55. The number of nitrogens with zero attached hydrogens (tertiary/aromatic N) is 1. The number of halogens is 1. The third-order valence-electron chi connectivity index (χ3n) is 5.28. The van der Waals surface area contributed by atoms with E-state index in [1.54, 1.807) is 31.4 Å². The van der Waals surface area contributed by atoms with Crippen molar-refractivity contribution >= 4 is 21.6 Å². The second-order valence-corrected chi connectivity index (χ2v) is 9.44. The maximum atomic E-state index is 14.6. The number of benzene rings is 3. The largest absolute Gasteiger partial charge is 0.497 e. The lowest BCUT2D eigenvalue weighted by molar-refractivity contribution is -0.120. The number of carbonyl (C=O) groups excluding carboxylic acids is 1. The van der Waals surface area contributed by atoms with Crippen molar-refractivity contribution in [1.82, 2.24) is 5.32 Å². The Morgan fingerprint density at radius 2 is 1.67 bits per heavy atom. The summed E-state index contributed by atoms with van der Waals surface area (Å²) in [4.78, 5) is 12.9. The number of carbonyl (C=O) groups is 1. The van der Waals surface area contributed by atoms with Crippen LogP contribution in [0.4, 0.5) is 10.1 Å². The van der Waals surface area contributed by atoms with E-state index in [0.29, 0.717) is 12.2 Å². The molecule has 0 aliphatic carbocycles. The van der Waals surface area contributed by atoms with Gasteiger partial charge in [0, 0.05) is 0 Å². The fraction of sp³-hybridized carbons (Fsp3) is 0.240. The fourth-order valence-electron chi connectivity index (χ4n) is 3.42. The smallest absolute Gasteiger partial charge is 0.264 e. The zero-order valence-electron chi connectivity index (χ0n) is 18.8. The Morgan fingerprint density at radius 1 is 1.03 bits per heavy atom. The number of sulfonamides is 1. The SMILES string of the molecule is CC[C@H](NC(=O)CN(c1ccccc1F)S(=O)(=O)c1ccc(C)cc1)c1ccc(OC)cc1. The normalized spacial score (nSPS) is 12.1. The number of amides is 1. The molecule has 0 bridgehead atoms. The molecule has 3 aromatic rings. The highest BCUT2D eigenvalue weighted by Crippen LogP contribution is 2.27. The van der Waals surface area contributed by atoms with Crippen molar-refractivity contribution in [3.63, 3.8) is 0 Å². The monoisotopic (exact) mass is 470 g/mol. The van der Waals surface area contributed by atoms with Crippen LogP contribution in [0.25, 0.3) is 0 Å². The first-order valence-electron chi connectivity index (χ1n) is 10.5. The Morgan fingerprint density at radius 3 is 2.24 bits per heavy atom. The second-order valence-electron chi connectivity index (χ2n) is 7.58. The van der Waals surface area contributed by atoms with E-state index in [1.807, 2.05) is 26.0 Å². The van der Waals surface area contributed by atoms with E-state index in [2.05, 4.69) is 5.32 Å². The van der Waals surface area contributed by atoms with Crippen molar-refractivity contribution in [1.29, 1.82) is 0 Å². The Kier molecular flexibility index (Phi) is 7.71. The molecule has 174 valence electrons. The van der Waals surface area contributed by atoms with E-state index in [1.165, 1.54) is 30.3 Å². The van der Waals surface area contributed by atoms with Gasteiger partial charge in [0.2, 0.25) is 5.91 Å². The molecule has 0 unspecified atom stereocenters. The predicted octanol–water partition coefficient (Wildman–Crippen LogP) is 4.61. The van der Waals surface area contributed by atoms with Gasteiger partial charge in [-0.3, -0.25) is 9.10 Å². The first-order valence-corrected chi connectivity index (χ1v) is 12.0. The Bertz CT molecular complexity index is 1200. The summed E-state index contributed by atoms with van der Waals surface area (Å²) in [6, 6.07) is 18.6. The highest BCUT2D eigenvalue weighted by Gasteiger charge is 2.29. The summed E-state index contributed by atoms with van der Waals surface area (Å²) in [5, 5.41) is 2.86. The number of hydrogen-bond acceptors (Lipinski definition) is 4. The lowest BCUT2D eigenvalue weighted by atomic mass is 10.0. The van der Waals surface area contributed by atoms with Crippen LogP contribution in [0.5, 0.6) is 5.75 Å². The van der Waals surface area contributed by atoms with Gasteiger partial charge < -0.3 is 10.1 Å². The van der Waals surface area contributed by atoms with Crippen molar-refractivity contribution in [2.24, 2.45) is 0 Å². The highest BCUT2D eigenvalue weighted by atomic mass is 32.2. The van der Waals surface area contributed by atoms with Crippen LogP contribution in [0.3, 0.4) is 0 Å². The Balaban J connectivity index is 1.90. The highest BCUT2D eigenvalue weighted by molar-refractivity contribution is 7.92.